The predicted octanol–water partition coefficient (Wildman–Crippen LogP) is 1.61. The molecule has 7 heteroatoms. The summed E-state index contributed by atoms with van der Waals surface area (Å²) in [7, 11) is 0. The lowest BCUT2D eigenvalue weighted by Crippen LogP contribution is -2.46. The highest BCUT2D eigenvalue weighted by Crippen LogP contribution is 2.29. The standard InChI is InChI=1S/C25H30N4O3/c26-19-23(25(32)29(15-17-30)16-18-31)20-27-11-13-28(14-12-27)24(21-7-3-1-4-8-21)22-9-5-2-6-10-22/h1-10,20,24,30-31H,11-18H2/b23-20-. The highest BCUT2D eigenvalue weighted by Gasteiger charge is 2.26. The molecule has 2 aromatic carbocycles. The van der Waals surface area contributed by atoms with Gasteiger partial charge in [0.1, 0.15) is 11.6 Å². The first-order chi connectivity index (χ1) is 15.7. The summed E-state index contributed by atoms with van der Waals surface area (Å²) in [4.78, 5) is 18.4. The van der Waals surface area contributed by atoms with Crippen LogP contribution in [0, 0.1) is 11.3 Å². The maximum atomic E-state index is 12.6. The van der Waals surface area contributed by atoms with E-state index in [1.807, 2.05) is 23.1 Å². The number of rotatable bonds is 9. The number of nitriles is 1. The summed E-state index contributed by atoms with van der Waals surface area (Å²) in [6.07, 6.45) is 1.61. The van der Waals surface area contributed by atoms with E-state index in [2.05, 4.69) is 53.4 Å². The number of aliphatic hydroxyl groups is 2. The van der Waals surface area contributed by atoms with Crippen molar-refractivity contribution >= 4 is 5.91 Å². The van der Waals surface area contributed by atoms with Crippen molar-refractivity contribution in [2.45, 2.75) is 6.04 Å². The lowest BCUT2D eigenvalue weighted by molar-refractivity contribution is -0.127. The van der Waals surface area contributed by atoms with Crippen molar-refractivity contribution in [3.63, 3.8) is 0 Å². The third kappa shape index (κ3) is 5.95. The molecule has 168 valence electrons. The van der Waals surface area contributed by atoms with Crippen LogP contribution in [0.4, 0.5) is 0 Å². The number of aliphatic hydroxyl groups excluding tert-OH is 2. The zero-order valence-corrected chi connectivity index (χ0v) is 18.2. The van der Waals surface area contributed by atoms with E-state index in [1.54, 1.807) is 6.20 Å². The predicted molar refractivity (Wildman–Crippen MR) is 122 cm³/mol. The fourth-order valence-corrected chi connectivity index (χ4v) is 4.05. The first kappa shape index (κ1) is 23.5. The molecule has 1 fully saturated rings. The van der Waals surface area contributed by atoms with Crippen molar-refractivity contribution in [2.24, 2.45) is 0 Å². The number of carbonyl (C=O) groups is 1. The third-order valence-corrected chi connectivity index (χ3v) is 5.63. The molecule has 2 N–H and O–H groups in total. The minimum Gasteiger partial charge on any atom is -0.395 e. The normalized spacial score (nSPS) is 14.9. The Balaban J connectivity index is 1.72. The van der Waals surface area contributed by atoms with Gasteiger partial charge in [0.05, 0.1) is 19.3 Å². The minimum atomic E-state index is -0.468. The zero-order chi connectivity index (χ0) is 22.8. The fraction of sp³-hybridized carbons (Fsp3) is 0.360. The van der Waals surface area contributed by atoms with E-state index in [9.17, 15) is 10.1 Å². The van der Waals surface area contributed by atoms with E-state index < -0.39 is 5.91 Å². The largest absolute Gasteiger partial charge is 0.395 e. The van der Waals surface area contributed by atoms with Crippen molar-refractivity contribution in [2.75, 3.05) is 52.5 Å². The second-order valence-corrected chi connectivity index (χ2v) is 7.69. The van der Waals surface area contributed by atoms with Gasteiger partial charge in [0.15, 0.2) is 0 Å². The van der Waals surface area contributed by atoms with Gasteiger partial charge in [-0.3, -0.25) is 9.69 Å². The van der Waals surface area contributed by atoms with Crippen LogP contribution >= 0.6 is 0 Å². The van der Waals surface area contributed by atoms with Crippen LogP contribution in [0.2, 0.25) is 0 Å². The van der Waals surface area contributed by atoms with E-state index in [0.29, 0.717) is 13.1 Å². The van der Waals surface area contributed by atoms with E-state index in [1.165, 1.54) is 16.0 Å². The second kappa shape index (κ2) is 12.0. The maximum Gasteiger partial charge on any atom is 0.266 e. The summed E-state index contributed by atoms with van der Waals surface area (Å²) < 4.78 is 0. The van der Waals surface area contributed by atoms with Gasteiger partial charge in [0.2, 0.25) is 0 Å². The van der Waals surface area contributed by atoms with Crippen LogP contribution in [0.25, 0.3) is 0 Å². The molecular formula is C25H30N4O3. The molecule has 0 unspecified atom stereocenters. The molecule has 0 atom stereocenters. The number of benzene rings is 2. The average molecular weight is 435 g/mol. The van der Waals surface area contributed by atoms with Crippen LogP contribution < -0.4 is 0 Å². The van der Waals surface area contributed by atoms with Crippen LogP contribution in [-0.2, 0) is 4.79 Å². The lowest BCUT2D eigenvalue weighted by atomic mass is 9.96. The molecule has 2 aromatic rings. The van der Waals surface area contributed by atoms with Gasteiger partial charge in [-0.05, 0) is 11.1 Å². The molecule has 0 radical (unpaired) electrons. The van der Waals surface area contributed by atoms with E-state index in [-0.39, 0.29) is 37.9 Å². The molecule has 1 aliphatic rings. The van der Waals surface area contributed by atoms with Gasteiger partial charge in [0.25, 0.3) is 5.91 Å². The molecular weight excluding hydrogens is 404 g/mol. The van der Waals surface area contributed by atoms with E-state index in [4.69, 9.17) is 10.2 Å². The molecule has 1 saturated heterocycles. The summed E-state index contributed by atoms with van der Waals surface area (Å²) in [5.74, 6) is -0.468. The van der Waals surface area contributed by atoms with Crippen molar-refractivity contribution in [3.05, 3.63) is 83.6 Å². The zero-order valence-electron chi connectivity index (χ0n) is 18.2. The molecule has 0 aromatic heterocycles. The average Bonchev–Trinajstić information content (AvgIpc) is 2.84. The minimum absolute atomic E-state index is 0.0167. The number of hydrogen-bond donors (Lipinski definition) is 2. The van der Waals surface area contributed by atoms with Gasteiger partial charge in [0, 0.05) is 45.5 Å². The number of carbonyl (C=O) groups excluding carboxylic acids is 1. The molecule has 1 heterocycles. The fourth-order valence-electron chi connectivity index (χ4n) is 4.05. The number of amides is 1. The van der Waals surface area contributed by atoms with Crippen molar-refractivity contribution in [1.82, 2.24) is 14.7 Å². The van der Waals surface area contributed by atoms with Crippen molar-refractivity contribution in [1.29, 1.82) is 5.26 Å². The molecule has 32 heavy (non-hydrogen) atoms. The van der Waals surface area contributed by atoms with Gasteiger partial charge >= 0.3 is 0 Å². The summed E-state index contributed by atoms with van der Waals surface area (Å²) in [6, 6.07) is 23.0. The summed E-state index contributed by atoms with van der Waals surface area (Å²) in [6.45, 7) is 2.68. The quantitative estimate of drug-likeness (QED) is 0.460. The lowest BCUT2D eigenvalue weighted by Gasteiger charge is -2.39. The topological polar surface area (TPSA) is 91.0 Å². The first-order valence-electron chi connectivity index (χ1n) is 10.9. The molecule has 1 aliphatic heterocycles. The Hall–Kier alpha value is -3.18. The van der Waals surface area contributed by atoms with Crippen LogP contribution in [0.3, 0.4) is 0 Å². The molecule has 3 rings (SSSR count). The van der Waals surface area contributed by atoms with Gasteiger partial charge < -0.3 is 20.0 Å². The Labute approximate surface area is 189 Å². The maximum absolute atomic E-state index is 12.6. The van der Waals surface area contributed by atoms with Gasteiger partial charge in [-0.2, -0.15) is 5.26 Å². The van der Waals surface area contributed by atoms with Crippen LogP contribution in [0.1, 0.15) is 17.2 Å². The Morgan fingerprint density at radius 3 is 1.88 bits per heavy atom. The Kier molecular flexibility index (Phi) is 8.81. The third-order valence-electron chi connectivity index (χ3n) is 5.63. The molecule has 7 nitrogen and oxygen atoms in total. The highest BCUT2D eigenvalue weighted by molar-refractivity contribution is 5.97. The molecule has 0 spiro atoms. The second-order valence-electron chi connectivity index (χ2n) is 7.69. The molecule has 0 aliphatic carbocycles. The number of piperazine rings is 1. The molecule has 0 saturated carbocycles. The summed E-state index contributed by atoms with van der Waals surface area (Å²) in [5, 5.41) is 27.8. The van der Waals surface area contributed by atoms with Gasteiger partial charge in [-0.25, -0.2) is 0 Å². The smallest absolute Gasteiger partial charge is 0.266 e. The Morgan fingerprint density at radius 1 is 0.938 bits per heavy atom. The van der Waals surface area contributed by atoms with Crippen LogP contribution in [0.15, 0.2) is 72.4 Å². The number of hydrogen-bond acceptors (Lipinski definition) is 6. The van der Waals surface area contributed by atoms with Crippen LogP contribution in [0.5, 0.6) is 0 Å². The van der Waals surface area contributed by atoms with Crippen molar-refractivity contribution < 1.29 is 15.0 Å². The molecule has 1 amide bonds. The monoisotopic (exact) mass is 434 g/mol. The summed E-state index contributed by atoms with van der Waals surface area (Å²) in [5.41, 5.74) is 2.49. The van der Waals surface area contributed by atoms with Crippen molar-refractivity contribution in [3.8, 4) is 6.07 Å². The molecule has 0 bridgehead atoms. The Bertz CT molecular complexity index is 874. The number of nitrogens with zero attached hydrogens (tertiary/aromatic N) is 4. The first-order valence-corrected chi connectivity index (χ1v) is 10.9. The van der Waals surface area contributed by atoms with Crippen LogP contribution in [-0.4, -0.2) is 83.3 Å². The van der Waals surface area contributed by atoms with E-state index >= 15 is 0 Å². The van der Waals surface area contributed by atoms with Gasteiger partial charge in [-0.15, -0.1) is 0 Å². The van der Waals surface area contributed by atoms with E-state index in [0.717, 1.165) is 13.1 Å². The summed E-state index contributed by atoms with van der Waals surface area (Å²) >= 11 is 0. The SMILES string of the molecule is N#C/C(=C/N1CCN(C(c2ccccc2)c2ccccc2)CC1)C(=O)N(CCO)CCO. The Morgan fingerprint density at radius 2 is 1.44 bits per heavy atom. The highest BCUT2D eigenvalue weighted by atomic mass is 16.3. The van der Waals surface area contributed by atoms with Gasteiger partial charge in [-0.1, -0.05) is 60.7 Å².